The summed E-state index contributed by atoms with van der Waals surface area (Å²) in [4.78, 5) is 11.6. The molecule has 0 amide bonds. The van der Waals surface area contributed by atoms with Gasteiger partial charge in [-0.1, -0.05) is 30.4 Å². The predicted octanol–water partition coefficient (Wildman–Crippen LogP) is 2.53. The molecule has 30 heavy (non-hydrogen) atoms. The Balaban J connectivity index is 1.69. The normalized spacial score (nSPS) is 35.7. The van der Waals surface area contributed by atoms with Gasteiger partial charge in [-0.25, -0.2) is 4.79 Å². The summed E-state index contributed by atoms with van der Waals surface area (Å²) >= 11 is 0. The van der Waals surface area contributed by atoms with Gasteiger partial charge in [-0.15, -0.1) is 0 Å². The fraction of sp³-hybridized carbons (Fsp3) is 0.522. The van der Waals surface area contributed by atoms with E-state index in [1.807, 2.05) is 6.92 Å². The molecule has 1 aromatic heterocycles. The summed E-state index contributed by atoms with van der Waals surface area (Å²) in [5, 5.41) is 21.6. The van der Waals surface area contributed by atoms with E-state index in [2.05, 4.69) is 0 Å². The van der Waals surface area contributed by atoms with Crippen molar-refractivity contribution in [1.29, 1.82) is 0 Å². The zero-order valence-corrected chi connectivity index (χ0v) is 18.2. The first-order chi connectivity index (χ1) is 14.0. The molecule has 2 fully saturated rings. The van der Waals surface area contributed by atoms with E-state index in [1.54, 1.807) is 64.2 Å². The van der Waals surface area contributed by atoms with Crippen LogP contribution in [0.1, 0.15) is 39.0 Å². The molecule has 2 aliphatic heterocycles. The zero-order chi connectivity index (χ0) is 22.3. The van der Waals surface area contributed by atoms with Crippen molar-refractivity contribution in [2.45, 2.75) is 69.7 Å². The summed E-state index contributed by atoms with van der Waals surface area (Å²) in [6.45, 7) is 8.85. The number of fused-ring (bicyclic) bond motifs is 2. The zero-order valence-electron chi connectivity index (χ0n) is 18.2. The first-order valence-corrected chi connectivity index (χ1v) is 9.93. The van der Waals surface area contributed by atoms with Crippen LogP contribution in [0.2, 0.25) is 0 Å². The van der Waals surface area contributed by atoms with Crippen LogP contribution >= 0.6 is 0 Å². The average Bonchev–Trinajstić information content (AvgIpc) is 2.98. The van der Waals surface area contributed by atoms with E-state index in [0.717, 1.165) is 5.56 Å². The number of methoxy groups -OCH3 is 1. The molecule has 164 valence electrons. The molecule has 0 unspecified atom stereocenters. The lowest BCUT2D eigenvalue weighted by Gasteiger charge is -2.42. The molecule has 2 saturated heterocycles. The van der Waals surface area contributed by atoms with Crippen molar-refractivity contribution < 1.29 is 28.8 Å². The van der Waals surface area contributed by atoms with Crippen LogP contribution in [-0.4, -0.2) is 52.4 Å². The summed E-state index contributed by atoms with van der Waals surface area (Å²) in [6.07, 6.45) is 8.34. The third-order valence-electron chi connectivity index (χ3n) is 6.18. The number of aliphatic hydroxyl groups is 2. The number of rotatable bonds is 6. The topological polar surface area (TPSA) is 98.4 Å². The van der Waals surface area contributed by atoms with Gasteiger partial charge in [0, 0.05) is 5.56 Å². The van der Waals surface area contributed by atoms with Crippen LogP contribution in [-0.2, 0) is 9.47 Å². The molecule has 3 heterocycles. The van der Waals surface area contributed by atoms with Crippen LogP contribution in [0.5, 0.6) is 5.75 Å². The van der Waals surface area contributed by atoms with Crippen LogP contribution in [0.25, 0.3) is 6.08 Å². The van der Waals surface area contributed by atoms with Crippen molar-refractivity contribution in [2.24, 2.45) is 0 Å². The second kappa shape index (κ2) is 7.81. The third kappa shape index (κ3) is 3.67. The van der Waals surface area contributed by atoms with E-state index in [9.17, 15) is 15.0 Å². The highest BCUT2D eigenvalue weighted by atomic mass is 16.7. The van der Waals surface area contributed by atoms with E-state index in [-0.39, 0.29) is 6.10 Å². The lowest BCUT2D eigenvalue weighted by Crippen LogP contribution is -2.56. The molecule has 0 aromatic carbocycles. The van der Waals surface area contributed by atoms with Crippen molar-refractivity contribution in [3.63, 3.8) is 0 Å². The van der Waals surface area contributed by atoms with Gasteiger partial charge in [-0.2, -0.15) is 0 Å². The number of hydrogen-bond acceptors (Lipinski definition) is 7. The van der Waals surface area contributed by atoms with E-state index in [4.69, 9.17) is 18.6 Å². The predicted molar refractivity (Wildman–Crippen MR) is 112 cm³/mol. The average molecular weight is 418 g/mol. The Morgan fingerprint density at radius 2 is 1.83 bits per heavy atom. The smallest absolute Gasteiger partial charge is 0.339 e. The summed E-state index contributed by atoms with van der Waals surface area (Å²) in [6, 6.07) is 1.30. The molecule has 2 aliphatic rings. The molecule has 7 nitrogen and oxygen atoms in total. The van der Waals surface area contributed by atoms with Gasteiger partial charge >= 0.3 is 5.63 Å². The minimum Gasteiger partial charge on any atom is -0.496 e. The SMILES string of the molecule is COc1cc(=O)oc(C=CC=CC=C[C@](C)(O)[C@@H]2O[C@@]3(C)[C@@H](O)[C@@]2(C)O[C@@H]3C)c1C. The minimum absolute atomic E-state index is 0.265. The quantitative estimate of drug-likeness (QED) is 0.685. The molecule has 3 rings (SSSR count). The van der Waals surface area contributed by atoms with Gasteiger partial charge in [0.05, 0.1) is 19.3 Å². The van der Waals surface area contributed by atoms with Gasteiger partial charge < -0.3 is 28.8 Å². The largest absolute Gasteiger partial charge is 0.496 e. The lowest BCUT2D eigenvalue weighted by molar-refractivity contribution is -0.240. The van der Waals surface area contributed by atoms with Gasteiger partial charge in [0.15, 0.2) is 0 Å². The summed E-state index contributed by atoms with van der Waals surface area (Å²) in [5.41, 5.74) is -2.95. The molecule has 0 radical (unpaired) electrons. The fourth-order valence-electron chi connectivity index (χ4n) is 4.32. The molecule has 0 spiro atoms. The summed E-state index contributed by atoms with van der Waals surface area (Å²) < 4.78 is 22.3. The Hall–Kier alpha value is -2.19. The highest BCUT2D eigenvalue weighted by Gasteiger charge is 2.71. The highest BCUT2D eigenvalue weighted by Crippen LogP contribution is 2.53. The number of aliphatic hydroxyl groups excluding tert-OH is 1. The van der Waals surface area contributed by atoms with Gasteiger partial charge in [0.1, 0.15) is 40.5 Å². The summed E-state index contributed by atoms with van der Waals surface area (Å²) in [5.74, 6) is 0.884. The van der Waals surface area contributed by atoms with Crippen molar-refractivity contribution in [3.05, 3.63) is 58.2 Å². The van der Waals surface area contributed by atoms with Crippen LogP contribution < -0.4 is 10.4 Å². The molecule has 7 heteroatoms. The summed E-state index contributed by atoms with van der Waals surface area (Å²) in [7, 11) is 1.50. The Bertz CT molecular complexity index is 941. The van der Waals surface area contributed by atoms with E-state index in [0.29, 0.717) is 11.5 Å². The van der Waals surface area contributed by atoms with Crippen LogP contribution in [0.4, 0.5) is 0 Å². The van der Waals surface area contributed by atoms with Crippen molar-refractivity contribution in [3.8, 4) is 5.75 Å². The van der Waals surface area contributed by atoms with Crippen LogP contribution in [0.3, 0.4) is 0 Å². The van der Waals surface area contributed by atoms with E-state index in [1.165, 1.54) is 13.2 Å². The first-order valence-electron chi connectivity index (χ1n) is 9.93. The van der Waals surface area contributed by atoms with Crippen LogP contribution in [0.15, 0.2) is 45.7 Å². The second-order valence-electron chi connectivity index (χ2n) is 8.48. The molecule has 2 bridgehead atoms. The number of hydrogen-bond donors (Lipinski definition) is 2. The molecule has 0 saturated carbocycles. The Morgan fingerprint density at radius 1 is 1.17 bits per heavy atom. The maximum atomic E-state index is 11.6. The maximum Gasteiger partial charge on any atom is 0.339 e. The van der Waals surface area contributed by atoms with Crippen molar-refractivity contribution >= 4 is 6.08 Å². The Kier molecular flexibility index (Phi) is 5.86. The van der Waals surface area contributed by atoms with Gasteiger partial charge in [0.25, 0.3) is 0 Å². The molecule has 1 aromatic rings. The van der Waals surface area contributed by atoms with Gasteiger partial charge in [-0.3, -0.25) is 0 Å². The Morgan fingerprint density at radius 3 is 2.40 bits per heavy atom. The van der Waals surface area contributed by atoms with Crippen LogP contribution in [0, 0.1) is 6.92 Å². The molecular formula is C23H30O7. The highest BCUT2D eigenvalue weighted by molar-refractivity contribution is 5.52. The van der Waals surface area contributed by atoms with E-state index >= 15 is 0 Å². The first kappa shape index (κ1) is 22.5. The third-order valence-corrected chi connectivity index (χ3v) is 6.18. The van der Waals surface area contributed by atoms with E-state index < -0.39 is 34.6 Å². The van der Waals surface area contributed by atoms with Crippen molar-refractivity contribution in [1.82, 2.24) is 0 Å². The maximum absolute atomic E-state index is 11.6. The number of allylic oxidation sites excluding steroid dienone is 4. The minimum atomic E-state index is -1.35. The van der Waals surface area contributed by atoms with Crippen molar-refractivity contribution in [2.75, 3.05) is 7.11 Å². The molecular weight excluding hydrogens is 388 g/mol. The molecule has 0 aliphatic carbocycles. The molecule has 2 N–H and O–H groups in total. The number of ether oxygens (including phenoxy) is 3. The monoisotopic (exact) mass is 418 g/mol. The lowest BCUT2D eigenvalue weighted by atomic mass is 9.82. The Labute approximate surface area is 176 Å². The molecule has 6 atom stereocenters. The second-order valence-corrected chi connectivity index (χ2v) is 8.48. The fourth-order valence-corrected chi connectivity index (χ4v) is 4.32. The van der Waals surface area contributed by atoms with Gasteiger partial charge in [-0.05, 0) is 40.7 Å². The standard InChI is InChI=1S/C23H30O7/c1-14-16(28-18(24)13-17(14)27-6)11-9-7-8-10-12-21(3,26)20-23(5)19(25)22(4,30-20)15(2)29-23/h7-13,15,19-20,25-26H,1-6H3/t15-,19-,20+,21+,22-,23-/m1/s1. The van der Waals surface area contributed by atoms with Gasteiger partial charge in [0.2, 0.25) is 0 Å².